The van der Waals surface area contributed by atoms with Gasteiger partial charge in [-0.2, -0.15) is 0 Å². The minimum absolute atomic E-state index is 0.187. The van der Waals surface area contributed by atoms with Crippen LogP contribution in [0, 0.1) is 0 Å². The lowest BCUT2D eigenvalue weighted by Gasteiger charge is -2.32. The highest BCUT2D eigenvalue weighted by atomic mass is 16.7. The van der Waals surface area contributed by atoms with Crippen LogP contribution in [0.25, 0.3) is 0 Å². The molecule has 0 aromatic carbocycles. The van der Waals surface area contributed by atoms with Gasteiger partial charge in [0.15, 0.2) is 0 Å². The van der Waals surface area contributed by atoms with Crippen molar-refractivity contribution in [1.29, 1.82) is 0 Å². The van der Waals surface area contributed by atoms with Gasteiger partial charge in [-0.15, -0.1) is 0 Å². The first-order valence-corrected chi connectivity index (χ1v) is 7.06. The molecule has 7 heteroatoms. The summed E-state index contributed by atoms with van der Waals surface area (Å²) in [7, 11) is 2.76. The van der Waals surface area contributed by atoms with Gasteiger partial charge < -0.3 is 18.6 Å². The average Bonchev–Trinajstić information content (AvgIpc) is 2.88. The lowest BCUT2D eigenvalue weighted by atomic mass is 9.68. The Morgan fingerprint density at radius 2 is 1.95 bits per heavy atom. The van der Waals surface area contributed by atoms with Crippen LogP contribution in [0.1, 0.15) is 45.6 Å². The average molecular weight is 294 g/mol. The number of rotatable bonds is 4. The van der Waals surface area contributed by atoms with E-state index in [1.165, 1.54) is 7.11 Å². The number of esters is 1. The number of imidazole rings is 1. The smallest absolute Gasteiger partial charge is 0.468 e. The predicted octanol–water partition coefficient (Wildman–Crippen LogP) is 1.70. The van der Waals surface area contributed by atoms with Gasteiger partial charge in [-0.25, -0.2) is 4.98 Å². The zero-order valence-electron chi connectivity index (χ0n) is 13.5. The van der Waals surface area contributed by atoms with Gasteiger partial charge in [0.1, 0.15) is 0 Å². The zero-order valence-corrected chi connectivity index (χ0v) is 13.5. The monoisotopic (exact) mass is 294 g/mol. The van der Waals surface area contributed by atoms with Crippen molar-refractivity contribution in [3.63, 3.8) is 0 Å². The van der Waals surface area contributed by atoms with E-state index in [0.717, 1.165) is 5.69 Å². The van der Waals surface area contributed by atoms with Gasteiger partial charge in [-0.3, -0.25) is 4.79 Å². The molecule has 0 N–H and O–H groups in total. The number of carbonyl (C=O) groups is 1. The Bertz CT molecular complexity index is 511. The Balaban J connectivity index is 2.29. The molecule has 0 spiro atoms. The van der Waals surface area contributed by atoms with E-state index in [9.17, 15) is 4.79 Å². The summed E-state index contributed by atoms with van der Waals surface area (Å²) in [6, 6.07) is 0. The molecule has 1 unspecified atom stereocenters. The van der Waals surface area contributed by atoms with Crippen molar-refractivity contribution in [2.45, 2.75) is 51.1 Å². The summed E-state index contributed by atoms with van der Waals surface area (Å²) in [6.07, 6.45) is 3.62. The van der Waals surface area contributed by atoms with Crippen LogP contribution < -0.4 is 0 Å². The maximum absolute atomic E-state index is 11.7. The van der Waals surface area contributed by atoms with Gasteiger partial charge in [0.2, 0.25) is 0 Å². The Labute approximate surface area is 125 Å². The number of aromatic nitrogens is 2. The van der Waals surface area contributed by atoms with Crippen molar-refractivity contribution < 1.29 is 18.8 Å². The van der Waals surface area contributed by atoms with E-state index in [2.05, 4.69) is 4.98 Å². The van der Waals surface area contributed by atoms with Crippen LogP contribution >= 0.6 is 0 Å². The zero-order chi connectivity index (χ0) is 15.8. The third-order valence-corrected chi connectivity index (χ3v) is 4.45. The summed E-state index contributed by atoms with van der Waals surface area (Å²) in [4.78, 5) is 15.9. The summed E-state index contributed by atoms with van der Waals surface area (Å²) in [6.45, 7) is 7.97. The topological polar surface area (TPSA) is 62.6 Å². The van der Waals surface area contributed by atoms with Gasteiger partial charge in [0.25, 0.3) is 0 Å². The van der Waals surface area contributed by atoms with Gasteiger partial charge >= 0.3 is 13.1 Å². The fourth-order valence-electron chi connectivity index (χ4n) is 2.38. The molecule has 1 aromatic rings. The highest BCUT2D eigenvalue weighted by Gasteiger charge is 2.54. The Kier molecular flexibility index (Phi) is 4.17. The largest absolute Gasteiger partial charge is 0.469 e. The highest BCUT2D eigenvalue weighted by Crippen LogP contribution is 2.41. The molecule has 1 atom stereocenters. The van der Waals surface area contributed by atoms with Crippen molar-refractivity contribution in [1.82, 2.24) is 9.55 Å². The summed E-state index contributed by atoms with van der Waals surface area (Å²) in [5, 5.41) is 0. The molecule has 1 fully saturated rings. The molecule has 2 rings (SSSR count). The molecule has 21 heavy (non-hydrogen) atoms. The first-order chi connectivity index (χ1) is 9.68. The van der Waals surface area contributed by atoms with Gasteiger partial charge in [0.05, 0.1) is 31.1 Å². The van der Waals surface area contributed by atoms with E-state index < -0.39 is 18.3 Å². The number of aryl methyl sites for hydroxylation is 1. The summed E-state index contributed by atoms with van der Waals surface area (Å²) in [5.41, 5.74) is 0.00817. The van der Waals surface area contributed by atoms with E-state index in [-0.39, 0.29) is 18.2 Å². The molecule has 1 aliphatic rings. The number of methoxy groups -OCH3 is 1. The van der Waals surface area contributed by atoms with Crippen molar-refractivity contribution >= 4 is 13.1 Å². The third kappa shape index (κ3) is 2.99. The van der Waals surface area contributed by atoms with Crippen molar-refractivity contribution in [2.75, 3.05) is 7.11 Å². The van der Waals surface area contributed by atoms with Gasteiger partial charge in [-0.1, -0.05) is 0 Å². The van der Waals surface area contributed by atoms with E-state index in [1.54, 1.807) is 12.5 Å². The summed E-state index contributed by atoms with van der Waals surface area (Å²) in [5.74, 6) is -0.554. The van der Waals surface area contributed by atoms with Gasteiger partial charge in [0, 0.05) is 24.8 Å². The number of nitrogens with zero attached hydrogens (tertiary/aromatic N) is 2. The maximum Gasteiger partial charge on any atom is 0.468 e. The first-order valence-electron chi connectivity index (χ1n) is 7.06. The highest BCUT2D eigenvalue weighted by molar-refractivity contribution is 6.48. The Morgan fingerprint density at radius 3 is 2.38 bits per heavy atom. The summed E-state index contributed by atoms with van der Waals surface area (Å²) < 4.78 is 18.8. The molecule has 6 nitrogen and oxygen atoms in total. The molecule has 116 valence electrons. The second-order valence-corrected chi connectivity index (χ2v) is 6.44. The van der Waals surface area contributed by atoms with Crippen LogP contribution in [0.15, 0.2) is 12.5 Å². The van der Waals surface area contributed by atoms with Crippen LogP contribution in [0.2, 0.25) is 0 Å². The van der Waals surface area contributed by atoms with Crippen LogP contribution in [-0.2, 0) is 25.9 Å². The van der Waals surface area contributed by atoms with Crippen molar-refractivity contribution in [3.8, 4) is 0 Å². The molecule has 0 bridgehead atoms. The van der Waals surface area contributed by atoms with Gasteiger partial charge in [-0.05, 0) is 27.7 Å². The van der Waals surface area contributed by atoms with E-state index >= 15 is 0 Å². The number of hydrogen-bond acceptors (Lipinski definition) is 5. The maximum atomic E-state index is 11.7. The van der Waals surface area contributed by atoms with Crippen LogP contribution in [0.4, 0.5) is 0 Å². The molecule has 2 heterocycles. The fraction of sp³-hybridized carbons (Fsp3) is 0.714. The van der Waals surface area contributed by atoms with Crippen molar-refractivity contribution in [3.05, 3.63) is 18.2 Å². The number of ether oxygens (including phenoxy) is 1. The lowest BCUT2D eigenvalue weighted by molar-refractivity contribution is -0.140. The molecule has 1 aromatic heterocycles. The standard InChI is InChI=1S/C14H23BN2O4/c1-13(2)14(3,4)21-15(20-13)10(7-12(18)19-6)11-8-16-9-17(11)5/h8-10H,7H2,1-6H3. The molecule has 0 aliphatic carbocycles. The van der Waals surface area contributed by atoms with E-state index in [0.29, 0.717) is 0 Å². The van der Waals surface area contributed by atoms with Crippen LogP contribution in [-0.4, -0.2) is 41.0 Å². The van der Waals surface area contributed by atoms with E-state index in [1.807, 2.05) is 39.3 Å². The quantitative estimate of drug-likeness (QED) is 0.624. The molecular weight excluding hydrogens is 271 g/mol. The van der Waals surface area contributed by atoms with Crippen LogP contribution in [0.5, 0.6) is 0 Å². The van der Waals surface area contributed by atoms with E-state index in [4.69, 9.17) is 14.0 Å². The lowest BCUT2D eigenvalue weighted by Crippen LogP contribution is -2.41. The second kappa shape index (κ2) is 5.46. The fourth-order valence-corrected chi connectivity index (χ4v) is 2.38. The van der Waals surface area contributed by atoms with Crippen LogP contribution in [0.3, 0.4) is 0 Å². The second-order valence-electron chi connectivity index (χ2n) is 6.44. The Hall–Kier alpha value is -1.34. The number of hydrogen-bond donors (Lipinski definition) is 0. The molecule has 0 radical (unpaired) electrons. The summed E-state index contributed by atoms with van der Waals surface area (Å²) >= 11 is 0. The predicted molar refractivity (Wildman–Crippen MR) is 78.7 cm³/mol. The minimum Gasteiger partial charge on any atom is -0.469 e. The molecular formula is C14H23BN2O4. The molecule has 0 saturated carbocycles. The first kappa shape index (κ1) is 16.0. The number of carbonyl (C=O) groups excluding carboxylic acids is 1. The normalized spacial score (nSPS) is 21.3. The SMILES string of the molecule is COC(=O)CC(B1OC(C)(C)C(C)(C)O1)c1cncn1C. The molecule has 1 aliphatic heterocycles. The molecule has 0 amide bonds. The molecule has 1 saturated heterocycles. The minimum atomic E-state index is -0.510. The third-order valence-electron chi connectivity index (χ3n) is 4.45. The Morgan fingerprint density at radius 1 is 1.38 bits per heavy atom. The van der Waals surface area contributed by atoms with Crippen molar-refractivity contribution in [2.24, 2.45) is 7.05 Å².